The lowest BCUT2D eigenvalue weighted by Gasteiger charge is -2.09. The van der Waals surface area contributed by atoms with Crippen molar-refractivity contribution in [3.63, 3.8) is 0 Å². The van der Waals surface area contributed by atoms with E-state index in [1.807, 2.05) is 26.0 Å². The zero-order valence-corrected chi connectivity index (χ0v) is 13.3. The lowest BCUT2D eigenvalue weighted by Crippen LogP contribution is -2.05. The van der Waals surface area contributed by atoms with Crippen LogP contribution in [0.2, 0.25) is 0 Å². The van der Waals surface area contributed by atoms with Gasteiger partial charge in [-0.05, 0) is 42.3 Å². The molecular formula is C15H16N6S. The fourth-order valence-corrected chi connectivity index (χ4v) is 3.01. The van der Waals surface area contributed by atoms with Gasteiger partial charge in [-0.15, -0.1) is 5.10 Å². The van der Waals surface area contributed by atoms with Crippen LogP contribution in [0.5, 0.6) is 0 Å². The van der Waals surface area contributed by atoms with Gasteiger partial charge in [0.05, 0.1) is 23.7 Å². The van der Waals surface area contributed by atoms with Crippen LogP contribution in [-0.4, -0.2) is 26.0 Å². The van der Waals surface area contributed by atoms with Crippen LogP contribution in [0.4, 0.5) is 0 Å². The Bertz CT molecular complexity index is 724. The maximum absolute atomic E-state index is 9.11. The van der Waals surface area contributed by atoms with Gasteiger partial charge < -0.3 is 0 Å². The van der Waals surface area contributed by atoms with E-state index >= 15 is 0 Å². The summed E-state index contributed by atoms with van der Waals surface area (Å²) >= 11 is 1.44. The molecular weight excluding hydrogens is 296 g/mol. The zero-order valence-electron chi connectivity index (χ0n) is 12.5. The molecule has 0 aliphatic rings. The van der Waals surface area contributed by atoms with E-state index in [0.717, 1.165) is 11.3 Å². The lowest BCUT2D eigenvalue weighted by atomic mass is 10.1. The second-order valence-electron chi connectivity index (χ2n) is 5.00. The molecule has 6 nitrogen and oxygen atoms in total. The van der Waals surface area contributed by atoms with Crippen LogP contribution in [0.25, 0.3) is 5.69 Å². The van der Waals surface area contributed by atoms with Gasteiger partial charge in [0.25, 0.3) is 0 Å². The Labute approximate surface area is 133 Å². The van der Waals surface area contributed by atoms with Crippen LogP contribution in [0, 0.1) is 42.4 Å². The monoisotopic (exact) mass is 312 g/mol. The summed E-state index contributed by atoms with van der Waals surface area (Å²) in [5.41, 5.74) is 3.21. The Balaban J connectivity index is 2.13. The average Bonchev–Trinajstić information content (AvgIpc) is 2.96. The van der Waals surface area contributed by atoms with Crippen LogP contribution in [0.1, 0.15) is 24.0 Å². The Hall–Kier alpha value is -2.38. The normalized spacial score (nSPS) is 11.6. The molecule has 0 bridgehead atoms. The predicted molar refractivity (Wildman–Crippen MR) is 83.3 cm³/mol. The third kappa shape index (κ3) is 3.84. The molecule has 1 aromatic carbocycles. The molecule has 0 aliphatic carbocycles. The number of rotatable bonds is 6. The van der Waals surface area contributed by atoms with E-state index < -0.39 is 0 Å². The van der Waals surface area contributed by atoms with Crippen molar-refractivity contribution in [2.45, 2.75) is 31.8 Å². The number of tetrazole rings is 1. The van der Waals surface area contributed by atoms with Crippen molar-refractivity contribution in [2.75, 3.05) is 5.75 Å². The van der Waals surface area contributed by atoms with E-state index in [0.29, 0.717) is 23.8 Å². The molecule has 0 amide bonds. The second-order valence-corrected chi connectivity index (χ2v) is 5.98. The van der Waals surface area contributed by atoms with Gasteiger partial charge in [-0.25, -0.2) is 0 Å². The molecule has 112 valence electrons. The minimum Gasteiger partial charge on any atom is -0.198 e. The van der Waals surface area contributed by atoms with Crippen molar-refractivity contribution in [1.82, 2.24) is 20.2 Å². The van der Waals surface area contributed by atoms with Crippen molar-refractivity contribution >= 4 is 11.8 Å². The molecule has 0 saturated carbocycles. The number of nitriles is 2. The number of hydrogen-bond donors (Lipinski definition) is 0. The predicted octanol–water partition coefficient (Wildman–Crippen LogP) is 2.81. The molecule has 7 heteroatoms. The van der Waals surface area contributed by atoms with Gasteiger partial charge in [0.1, 0.15) is 0 Å². The summed E-state index contributed by atoms with van der Waals surface area (Å²) in [6.07, 6.45) is 0.964. The third-order valence-electron chi connectivity index (χ3n) is 3.22. The molecule has 0 aliphatic heterocycles. The second kappa shape index (κ2) is 7.58. The molecule has 1 atom stereocenters. The van der Waals surface area contributed by atoms with Gasteiger partial charge in [-0.2, -0.15) is 15.2 Å². The minimum atomic E-state index is -0.172. The fourth-order valence-electron chi connectivity index (χ4n) is 2.06. The fraction of sp³-hybridized carbons (Fsp3) is 0.400. The summed E-state index contributed by atoms with van der Waals surface area (Å²) in [6.45, 7) is 4.06. The molecule has 22 heavy (non-hydrogen) atoms. The Kier molecular flexibility index (Phi) is 5.51. The summed E-state index contributed by atoms with van der Waals surface area (Å²) in [5.74, 6) is 0.401. The van der Waals surface area contributed by atoms with Crippen molar-refractivity contribution < 1.29 is 0 Å². The lowest BCUT2D eigenvalue weighted by molar-refractivity contribution is 0.682. The van der Waals surface area contributed by atoms with Gasteiger partial charge >= 0.3 is 0 Å². The number of aryl methyl sites for hydroxylation is 2. The Morgan fingerprint density at radius 2 is 2.14 bits per heavy atom. The van der Waals surface area contributed by atoms with Crippen molar-refractivity contribution in [1.29, 1.82) is 10.5 Å². The highest BCUT2D eigenvalue weighted by atomic mass is 32.2. The first kappa shape index (κ1) is 16.0. The van der Waals surface area contributed by atoms with Crippen LogP contribution in [0.3, 0.4) is 0 Å². The molecule has 1 aromatic heterocycles. The molecule has 0 unspecified atom stereocenters. The van der Waals surface area contributed by atoms with E-state index in [9.17, 15) is 0 Å². The molecule has 2 aromatic rings. The van der Waals surface area contributed by atoms with Crippen LogP contribution < -0.4 is 0 Å². The maximum atomic E-state index is 9.11. The quantitative estimate of drug-likeness (QED) is 0.762. The van der Waals surface area contributed by atoms with E-state index in [1.165, 1.54) is 17.3 Å². The third-order valence-corrected chi connectivity index (χ3v) is 4.30. The highest BCUT2D eigenvalue weighted by Gasteiger charge is 2.14. The SMILES string of the molecule is Cc1ccc(-n2nnnc2SC[C@@H](C#N)CCC#N)c(C)c1. The van der Waals surface area contributed by atoms with Gasteiger partial charge in [0.2, 0.25) is 5.16 Å². The standard InChI is InChI=1S/C15H16N6S/c1-11-5-6-14(12(2)8-11)21-15(18-19-20-21)22-10-13(9-17)4-3-7-16/h5-6,8,13H,3-4,10H2,1-2H3/t13-/m1/s1. The number of aromatic nitrogens is 4. The number of nitrogens with zero attached hydrogens (tertiary/aromatic N) is 6. The van der Waals surface area contributed by atoms with Crippen molar-refractivity contribution in [2.24, 2.45) is 5.92 Å². The van der Waals surface area contributed by atoms with Gasteiger partial charge in [-0.1, -0.05) is 29.5 Å². The summed E-state index contributed by atoms with van der Waals surface area (Å²) < 4.78 is 1.69. The first-order valence-electron chi connectivity index (χ1n) is 6.91. The molecule has 0 N–H and O–H groups in total. The van der Waals surface area contributed by atoms with Crippen molar-refractivity contribution in [3.8, 4) is 17.8 Å². The molecule has 0 spiro atoms. The largest absolute Gasteiger partial charge is 0.214 e. The zero-order chi connectivity index (χ0) is 15.9. The summed E-state index contributed by atoms with van der Waals surface area (Å²) in [5, 5.41) is 30.2. The summed E-state index contributed by atoms with van der Waals surface area (Å²) in [7, 11) is 0. The maximum Gasteiger partial charge on any atom is 0.214 e. The smallest absolute Gasteiger partial charge is 0.198 e. The molecule has 1 heterocycles. The molecule has 0 fully saturated rings. The van der Waals surface area contributed by atoms with Crippen molar-refractivity contribution in [3.05, 3.63) is 29.3 Å². The Morgan fingerprint density at radius 1 is 1.32 bits per heavy atom. The number of benzene rings is 1. The molecule has 0 radical (unpaired) electrons. The number of hydrogen-bond acceptors (Lipinski definition) is 6. The highest BCUT2D eigenvalue weighted by molar-refractivity contribution is 7.99. The van der Waals surface area contributed by atoms with Gasteiger partial charge in [-0.3, -0.25) is 0 Å². The first-order valence-corrected chi connectivity index (χ1v) is 7.89. The number of thioether (sulfide) groups is 1. The summed E-state index contributed by atoms with van der Waals surface area (Å²) in [6, 6.07) is 10.4. The van der Waals surface area contributed by atoms with E-state index in [4.69, 9.17) is 10.5 Å². The molecule has 2 rings (SSSR count). The van der Waals surface area contributed by atoms with Crippen LogP contribution >= 0.6 is 11.8 Å². The van der Waals surface area contributed by atoms with Crippen LogP contribution in [0.15, 0.2) is 23.4 Å². The highest BCUT2D eigenvalue weighted by Crippen LogP contribution is 2.24. The van der Waals surface area contributed by atoms with Crippen LogP contribution in [-0.2, 0) is 0 Å². The van der Waals surface area contributed by atoms with E-state index in [-0.39, 0.29) is 5.92 Å². The van der Waals surface area contributed by atoms with E-state index in [2.05, 4.69) is 33.7 Å². The van der Waals surface area contributed by atoms with E-state index in [1.54, 1.807) is 4.68 Å². The van der Waals surface area contributed by atoms with Gasteiger partial charge in [0, 0.05) is 12.2 Å². The summed E-state index contributed by atoms with van der Waals surface area (Å²) in [4.78, 5) is 0. The van der Waals surface area contributed by atoms with Gasteiger partial charge in [0.15, 0.2) is 0 Å². The first-order chi connectivity index (χ1) is 10.7. The Morgan fingerprint density at radius 3 is 2.82 bits per heavy atom. The topological polar surface area (TPSA) is 91.2 Å². The minimum absolute atomic E-state index is 0.172. The average molecular weight is 312 g/mol. The molecule has 0 saturated heterocycles.